The quantitative estimate of drug-likeness (QED) is 0.890. The minimum atomic E-state index is -0.0713. The van der Waals surface area contributed by atoms with E-state index in [1.165, 1.54) is 6.42 Å². The van der Waals surface area contributed by atoms with E-state index < -0.39 is 0 Å². The highest BCUT2D eigenvalue weighted by atomic mass is 79.9. The highest BCUT2D eigenvalue weighted by Gasteiger charge is 2.29. The third-order valence-corrected chi connectivity index (χ3v) is 3.83. The summed E-state index contributed by atoms with van der Waals surface area (Å²) in [4.78, 5) is 0. The van der Waals surface area contributed by atoms with Gasteiger partial charge in [0.2, 0.25) is 0 Å². The molecule has 0 heterocycles. The summed E-state index contributed by atoms with van der Waals surface area (Å²) in [7, 11) is 0. The molecule has 1 nitrogen and oxygen atoms in total. The van der Waals surface area contributed by atoms with Crippen molar-refractivity contribution in [2.75, 3.05) is 6.54 Å². The fourth-order valence-electron chi connectivity index (χ4n) is 2.64. The van der Waals surface area contributed by atoms with Crippen LogP contribution in [-0.2, 0) is 0 Å². The number of hydrogen-bond donors (Lipinski definition) is 1. The summed E-state index contributed by atoms with van der Waals surface area (Å²) in [6.45, 7) is 3.06. The van der Waals surface area contributed by atoms with Crippen molar-refractivity contribution in [3.63, 3.8) is 0 Å². The topological polar surface area (TPSA) is 12.0 Å². The molecule has 16 heavy (non-hydrogen) atoms. The average molecular weight is 286 g/mol. The first-order chi connectivity index (χ1) is 7.72. The summed E-state index contributed by atoms with van der Waals surface area (Å²) in [5, 5.41) is 3.46. The molecule has 1 saturated carbocycles. The van der Waals surface area contributed by atoms with E-state index in [0.29, 0.717) is 12.0 Å². The van der Waals surface area contributed by atoms with Crippen molar-refractivity contribution in [2.24, 2.45) is 0 Å². The van der Waals surface area contributed by atoms with Crippen molar-refractivity contribution in [2.45, 2.75) is 38.1 Å². The van der Waals surface area contributed by atoms with Crippen LogP contribution in [0.4, 0.5) is 4.39 Å². The van der Waals surface area contributed by atoms with E-state index in [9.17, 15) is 4.39 Å². The predicted molar refractivity (Wildman–Crippen MR) is 68.2 cm³/mol. The van der Waals surface area contributed by atoms with Gasteiger partial charge in [0.15, 0.2) is 0 Å². The summed E-state index contributed by atoms with van der Waals surface area (Å²) >= 11 is 3.42. The molecular formula is C13H17BrFN. The van der Waals surface area contributed by atoms with Crippen molar-refractivity contribution in [3.05, 3.63) is 34.1 Å². The predicted octanol–water partition coefficient (Wildman–Crippen LogP) is 3.83. The Morgan fingerprint density at radius 3 is 3.00 bits per heavy atom. The molecule has 0 aromatic heterocycles. The Morgan fingerprint density at radius 1 is 1.44 bits per heavy atom. The first-order valence-corrected chi connectivity index (χ1v) is 6.70. The molecule has 2 unspecified atom stereocenters. The van der Waals surface area contributed by atoms with E-state index in [-0.39, 0.29) is 5.82 Å². The maximum Gasteiger partial charge on any atom is 0.126 e. The van der Waals surface area contributed by atoms with Crippen LogP contribution in [0.25, 0.3) is 0 Å². The van der Waals surface area contributed by atoms with Crippen LogP contribution >= 0.6 is 15.9 Å². The highest BCUT2D eigenvalue weighted by Crippen LogP contribution is 2.36. The standard InChI is InChI=1S/C13H17BrFN/c1-2-16-13-5-3-4-10(13)11-8-9(14)6-7-12(11)15/h6-8,10,13,16H,2-5H2,1H3. The summed E-state index contributed by atoms with van der Waals surface area (Å²) in [6.07, 6.45) is 3.43. The van der Waals surface area contributed by atoms with Gasteiger partial charge in [0.25, 0.3) is 0 Å². The second-order valence-corrected chi connectivity index (χ2v) is 5.28. The molecule has 0 aliphatic heterocycles. The van der Waals surface area contributed by atoms with Gasteiger partial charge in [-0.3, -0.25) is 0 Å². The molecule has 0 radical (unpaired) electrons. The molecule has 0 bridgehead atoms. The first kappa shape index (κ1) is 12.1. The molecule has 1 aromatic rings. The SMILES string of the molecule is CCNC1CCCC1c1cc(Br)ccc1F. The number of nitrogens with one attached hydrogen (secondary N) is 1. The fraction of sp³-hybridized carbons (Fsp3) is 0.538. The molecular weight excluding hydrogens is 269 g/mol. The molecule has 0 saturated heterocycles. The Bertz CT molecular complexity index is 367. The van der Waals surface area contributed by atoms with Gasteiger partial charge in [-0.15, -0.1) is 0 Å². The van der Waals surface area contributed by atoms with Gasteiger partial charge in [0, 0.05) is 16.4 Å². The van der Waals surface area contributed by atoms with Gasteiger partial charge in [0.1, 0.15) is 5.82 Å². The lowest BCUT2D eigenvalue weighted by Crippen LogP contribution is -2.31. The van der Waals surface area contributed by atoms with Crippen molar-refractivity contribution in [1.29, 1.82) is 0 Å². The van der Waals surface area contributed by atoms with Crippen molar-refractivity contribution in [3.8, 4) is 0 Å². The molecule has 1 N–H and O–H groups in total. The van der Waals surface area contributed by atoms with Crippen LogP contribution in [0.3, 0.4) is 0 Å². The monoisotopic (exact) mass is 285 g/mol. The molecule has 88 valence electrons. The summed E-state index contributed by atoms with van der Waals surface area (Å²) in [6, 6.07) is 5.68. The maximum atomic E-state index is 13.8. The van der Waals surface area contributed by atoms with Gasteiger partial charge in [-0.25, -0.2) is 4.39 Å². The molecule has 2 atom stereocenters. The Labute approximate surface area is 105 Å². The van der Waals surface area contributed by atoms with Crippen LogP contribution in [-0.4, -0.2) is 12.6 Å². The Hall–Kier alpha value is -0.410. The minimum Gasteiger partial charge on any atom is -0.314 e. The lowest BCUT2D eigenvalue weighted by molar-refractivity contribution is 0.474. The van der Waals surface area contributed by atoms with Crippen LogP contribution < -0.4 is 5.32 Å². The lowest BCUT2D eigenvalue weighted by atomic mass is 9.93. The molecule has 0 amide bonds. The summed E-state index contributed by atoms with van der Waals surface area (Å²) < 4.78 is 14.8. The molecule has 2 rings (SSSR count). The Kier molecular flexibility index (Phi) is 3.98. The van der Waals surface area contributed by atoms with E-state index in [2.05, 4.69) is 28.2 Å². The normalized spacial score (nSPS) is 24.9. The first-order valence-electron chi connectivity index (χ1n) is 5.90. The fourth-order valence-corrected chi connectivity index (χ4v) is 3.02. The Morgan fingerprint density at radius 2 is 2.25 bits per heavy atom. The molecule has 3 heteroatoms. The second-order valence-electron chi connectivity index (χ2n) is 4.37. The van der Waals surface area contributed by atoms with E-state index in [4.69, 9.17) is 0 Å². The van der Waals surface area contributed by atoms with Gasteiger partial charge in [-0.05, 0) is 43.1 Å². The van der Waals surface area contributed by atoms with Gasteiger partial charge in [0.05, 0.1) is 0 Å². The number of benzene rings is 1. The minimum absolute atomic E-state index is 0.0713. The lowest BCUT2D eigenvalue weighted by Gasteiger charge is -2.21. The summed E-state index contributed by atoms with van der Waals surface area (Å²) in [5.41, 5.74) is 0.859. The largest absolute Gasteiger partial charge is 0.314 e. The van der Waals surface area contributed by atoms with Crippen LogP contribution in [0.15, 0.2) is 22.7 Å². The maximum absolute atomic E-state index is 13.8. The molecule has 0 spiro atoms. The number of halogens is 2. The van der Waals surface area contributed by atoms with E-state index in [0.717, 1.165) is 29.4 Å². The van der Waals surface area contributed by atoms with Crippen molar-refractivity contribution in [1.82, 2.24) is 5.32 Å². The van der Waals surface area contributed by atoms with Crippen LogP contribution in [0.1, 0.15) is 37.7 Å². The van der Waals surface area contributed by atoms with Gasteiger partial charge in [-0.2, -0.15) is 0 Å². The average Bonchev–Trinajstić information content (AvgIpc) is 2.70. The van der Waals surface area contributed by atoms with E-state index in [1.54, 1.807) is 12.1 Å². The van der Waals surface area contributed by atoms with Gasteiger partial charge >= 0.3 is 0 Å². The zero-order chi connectivity index (χ0) is 11.5. The number of rotatable bonds is 3. The zero-order valence-electron chi connectivity index (χ0n) is 9.47. The highest BCUT2D eigenvalue weighted by molar-refractivity contribution is 9.10. The van der Waals surface area contributed by atoms with Crippen molar-refractivity contribution >= 4 is 15.9 Å². The summed E-state index contributed by atoms with van der Waals surface area (Å²) in [5.74, 6) is 0.260. The molecule has 1 aliphatic rings. The van der Waals surface area contributed by atoms with Gasteiger partial charge in [-0.1, -0.05) is 29.3 Å². The number of hydrogen-bond acceptors (Lipinski definition) is 1. The zero-order valence-corrected chi connectivity index (χ0v) is 11.1. The molecule has 1 aliphatic carbocycles. The van der Waals surface area contributed by atoms with Crippen LogP contribution in [0.5, 0.6) is 0 Å². The third-order valence-electron chi connectivity index (χ3n) is 3.34. The second kappa shape index (κ2) is 5.28. The molecule has 1 fully saturated rings. The van der Waals surface area contributed by atoms with Crippen LogP contribution in [0, 0.1) is 5.82 Å². The Balaban J connectivity index is 2.25. The smallest absolute Gasteiger partial charge is 0.126 e. The van der Waals surface area contributed by atoms with Crippen molar-refractivity contribution < 1.29 is 4.39 Å². The number of likely N-dealkylation sites (N-methyl/N-ethyl adjacent to an activating group) is 1. The molecule has 1 aromatic carbocycles. The third kappa shape index (κ3) is 2.46. The van der Waals surface area contributed by atoms with E-state index >= 15 is 0 Å². The van der Waals surface area contributed by atoms with Crippen LogP contribution in [0.2, 0.25) is 0 Å². The van der Waals surface area contributed by atoms with E-state index in [1.807, 2.05) is 6.07 Å². The van der Waals surface area contributed by atoms with Gasteiger partial charge < -0.3 is 5.32 Å².